The molecule has 0 saturated carbocycles. The monoisotopic (exact) mass is 416 g/mol. The van der Waals surface area contributed by atoms with Crippen LogP contribution in [0.15, 0.2) is 46.1 Å². The molecule has 1 unspecified atom stereocenters. The Morgan fingerprint density at radius 1 is 1.33 bits per heavy atom. The number of hydrogen-bond acceptors (Lipinski definition) is 7. The van der Waals surface area contributed by atoms with Crippen molar-refractivity contribution in [3.8, 4) is 0 Å². The van der Waals surface area contributed by atoms with Crippen molar-refractivity contribution in [3.63, 3.8) is 0 Å². The zero-order valence-corrected chi connectivity index (χ0v) is 17.4. The number of nitrogens with one attached hydrogen (secondary N) is 1. The Balaban J connectivity index is 1.64. The van der Waals surface area contributed by atoms with E-state index < -0.39 is 35.6 Å². The molecule has 0 aliphatic carbocycles. The number of rotatable bonds is 7. The van der Waals surface area contributed by atoms with Crippen LogP contribution in [0.25, 0.3) is 0 Å². The number of ether oxygens (including phenoxy) is 2. The molecule has 1 aliphatic heterocycles. The molecule has 9 heteroatoms. The molecule has 2 heterocycles. The van der Waals surface area contributed by atoms with E-state index in [1.165, 1.54) is 10.8 Å². The maximum atomic E-state index is 12.4. The molecule has 0 bridgehead atoms. The van der Waals surface area contributed by atoms with Crippen LogP contribution in [0.5, 0.6) is 0 Å². The average Bonchev–Trinajstić information content (AvgIpc) is 3.14. The molecule has 3 N–H and O–H groups in total. The number of H-pyrrole nitrogens is 1. The fourth-order valence-corrected chi connectivity index (χ4v) is 3.60. The maximum Gasteiger partial charge on any atom is 0.330 e. The number of aromatic amines is 1. The van der Waals surface area contributed by atoms with Crippen molar-refractivity contribution in [2.75, 3.05) is 20.7 Å². The van der Waals surface area contributed by atoms with Gasteiger partial charge < -0.3 is 20.1 Å². The molecular weight excluding hydrogens is 388 g/mol. The summed E-state index contributed by atoms with van der Waals surface area (Å²) in [6.07, 6.45) is 1.38. The minimum atomic E-state index is -0.771. The van der Waals surface area contributed by atoms with E-state index in [1.807, 2.05) is 49.3 Å². The van der Waals surface area contributed by atoms with Crippen molar-refractivity contribution in [3.05, 3.63) is 68.5 Å². The maximum absolute atomic E-state index is 12.4. The van der Waals surface area contributed by atoms with Gasteiger partial charge in [-0.25, -0.2) is 4.79 Å². The number of aryl methyl sites for hydroxylation is 1. The molecule has 2 aromatic rings. The van der Waals surface area contributed by atoms with E-state index in [1.54, 1.807) is 6.92 Å². The summed E-state index contributed by atoms with van der Waals surface area (Å²) < 4.78 is 12.8. The lowest BCUT2D eigenvalue weighted by atomic mass is 10.1. The van der Waals surface area contributed by atoms with E-state index in [4.69, 9.17) is 15.2 Å². The highest BCUT2D eigenvalue weighted by Gasteiger charge is 2.39. The summed E-state index contributed by atoms with van der Waals surface area (Å²) >= 11 is 0. The van der Waals surface area contributed by atoms with E-state index >= 15 is 0 Å². The molecule has 1 saturated heterocycles. The van der Waals surface area contributed by atoms with Crippen molar-refractivity contribution in [1.82, 2.24) is 14.5 Å². The van der Waals surface area contributed by atoms with Gasteiger partial charge in [0, 0.05) is 24.2 Å². The minimum absolute atomic E-state index is 0.0256. The first-order chi connectivity index (χ1) is 14.3. The molecule has 30 heavy (non-hydrogen) atoms. The first-order valence-corrected chi connectivity index (χ1v) is 9.86. The Hall–Kier alpha value is -2.75. The molecule has 1 fully saturated rings. The van der Waals surface area contributed by atoms with Gasteiger partial charge in [0.15, 0.2) is 0 Å². The van der Waals surface area contributed by atoms with Crippen LogP contribution in [0.1, 0.15) is 23.8 Å². The summed E-state index contributed by atoms with van der Waals surface area (Å²) in [5.41, 5.74) is 6.42. The minimum Gasteiger partial charge on any atom is -0.462 e. The molecule has 4 atom stereocenters. The second-order valence-corrected chi connectivity index (χ2v) is 7.80. The number of esters is 1. The lowest BCUT2D eigenvalue weighted by Crippen LogP contribution is -2.41. The van der Waals surface area contributed by atoms with Crippen LogP contribution in [-0.4, -0.2) is 59.3 Å². The molecule has 9 nitrogen and oxygen atoms in total. The quantitative estimate of drug-likeness (QED) is 0.618. The normalized spacial score (nSPS) is 22.2. The smallest absolute Gasteiger partial charge is 0.330 e. The third kappa shape index (κ3) is 5.05. The van der Waals surface area contributed by atoms with Gasteiger partial charge in [-0.05, 0) is 33.0 Å². The molecule has 162 valence electrons. The number of hydrogen-bond donors (Lipinski definition) is 2. The predicted molar refractivity (Wildman–Crippen MR) is 111 cm³/mol. The molecule has 0 radical (unpaired) electrons. The summed E-state index contributed by atoms with van der Waals surface area (Å²) in [5, 5.41) is 0. The van der Waals surface area contributed by atoms with E-state index in [0.717, 1.165) is 5.56 Å². The topological polar surface area (TPSA) is 120 Å². The van der Waals surface area contributed by atoms with Crippen LogP contribution >= 0.6 is 0 Å². The van der Waals surface area contributed by atoms with Gasteiger partial charge in [-0.2, -0.15) is 0 Å². The van der Waals surface area contributed by atoms with Gasteiger partial charge in [0.1, 0.15) is 25.0 Å². The Morgan fingerprint density at radius 3 is 2.70 bits per heavy atom. The van der Waals surface area contributed by atoms with Crippen molar-refractivity contribution in [2.45, 2.75) is 44.2 Å². The Bertz CT molecular complexity index is 985. The lowest BCUT2D eigenvalue weighted by Gasteiger charge is -2.24. The summed E-state index contributed by atoms with van der Waals surface area (Å²) in [6, 6.07) is 8.65. The number of carbonyl (C=O) groups is 1. The molecule has 0 spiro atoms. The molecule has 1 aliphatic rings. The zero-order valence-electron chi connectivity index (χ0n) is 17.4. The Labute approximate surface area is 174 Å². The van der Waals surface area contributed by atoms with Crippen LogP contribution in [0.3, 0.4) is 0 Å². The highest BCUT2D eigenvalue weighted by Crippen LogP contribution is 2.30. The number of likely N-dealkylation sites (N-methyl/N-ethyl adjacent to an activating group) is 1. The van der Waals surface area contributed by atoms with Gasteiger partial charge in [0.25, 0.3) is 5.56 Å². The number of aromatic nitrogens is 2. The third-order valence-electron chi connectivity index (χ3n) is 5.31. The van der Waals surface area contributed by atoms with Crippen molar-refractivity contribution in [2.24, 2.45) is 5.73 Å². The van der Waals surface area contributed by atoms with Crippen LogP contribution in [0.2, 0.25) is 0 Å². The SMILES string of the molecule is Cc1cn([C@H]2C[C@H](N(C)C)[C@@H](COC(=O)C(N)Cc3ccccc3)O2)c(=O)[nH]c1=O. The van der Waals surface area contributed by atoms with Gasteiger partial charge in [-0.15, -0.1) is 0 Å². The second-order valence-electron chi connectivity index (χ2n) is 7.80. The fourth-order valence-electron chi connectivity index (χ4n) is 3.60. The fraction of sp³-hybridized carbons (Fsp3) is 0.476. The summed E-state index contributed by atoms with van der Waals surface area (Å²) in [4.78, 5) is 40.4. The third-order valence-corrected chi connectivity index (χ3v) is 5.31. The number of carbonyl (C=O) groups excluding carboxylic acids is 1. The molecule has 1 aromatic heterocycles. The zero-order chi connectivity index (χ0) is 21.8. The second kappa shape index (κ2) is 9.38. The molecule has 0 amide bonds. The summed E-state index contributed by atoms with van der Waals surface area (Å²) in [7, 11) is 3.79. The van der Waals surface area contributed by atoms with Gasteiger partial charge >= 0.3 is 11.7 Å². The average molecular weight is 416 g/mol. The van der Waals surface area contributed by atoms with E-state index in [-0.39, 0.29) is 12.6 Å². The number of benzene rings is 1. The summed E-state index contributed by atoms with van der Waals surface area (Å²) in [6.45, 7) is 1.65. The number of nitrogens with zero attached hydrogens (tertiary/aromatic N) is 2. The van der Waals surface area contributed by atoms with Crippen LogP contribution in [-0.2, 0) is 20.7 Å². The van der Waals surface area contributed by atoms with E-state index in [2.05, 4.69) is 4.98 Å². The Morgan fingerprint density at radius 2 is 2.03 bits per heavy atom. The van der Waals surface area contributed by atoms with Crippen molar-refractivity contribution in [1.29, 1.82) is 0 Å². The summed E-state index contributed by atoms with van der Waals surface area (Å²) in [5.74, 6) is -0.500. The Kier molecular flexibility index (Phi) is 6.86. The molecule has 3 rings (SSSR count). The van der Waals surface area contributed by atoms with Crippen LogP contribution in [0.4, 0.5) is 0 Å². The standard InChI is InChI=1S/C21H28N4O5/c1-13-11-25(21(28)23-19(13)26)18-10-16(24(2)3)17(30-18)12-29-20(27)15(22)9-14-7-5-4-6-8-14/h4-8,11,15-18H,9-10,12,22H2,1-3H3,(H,23,26,28)/t15?,16-,17+,18+/m0/s1. The van der Waals surface area contributed by atoms with Gasteiger partial charge in [0.2, 0.25) is 0 Å². The highest BCUT2D eigenvalue weighted by molar-refractivity contribution is 5.75. The van der Waals surface area contributed by atoms with Crippen molar-refractivity contribution < 1.29 is 14.3 Å². The van der Waals surface area contributed by atoms with E-state index in [0.29, 0.717) is 18.4 Å². The highest BCUT2D eigenvalue weighted by atomic mass is 16.6. The first-order valence-electron chi connectivity index (χ1n) is 9.86. The number of nitrogens with two attached hydrogens (primary N) is 1. The van der Waals surface area contributed by atoms with Crippen molar-refractivity contribution >= 4 is 5.97 Å². The largest absolute Gasteiger partial charge is 0.462 e. The van der Waals surface area contributed by atoms with Gasteiger partial charge in [-0.3, -0.25) is 19.1 Å². The van der Waals surface area contributed by atoms with Gasteiger partial charge in [0.05, 0.1) is 0 Å². The van der Waals surface area contributed by atoms with Crippen LogP contribution < -0.4 is 17.0 Å². The molecule has 1 aromatic carbocycles. The first kappa shape index (κ1) is 21.9. The van der Waals surface area contributed by atoms with Crippen LogP contribution in [0, 0.1) is 6.92 Å². The lowest BCUT2D eigenvalue weighted by molar-refractivity contribution is -0.150. The van der Waals surface area contributed by atoms with E-state index in [9.17, 15) is 14.4 Å². The van der Waals surface area contributed by atoms with Gasteiger partial charge in [-0.1, -0.05) is 30.3 Å². The molecular formula is C21H28N4O5. The predicted octanol–water partition coefficient (Wildman–Crippen LogP) is 0.176.